The Bertz CT molecular complexity index is 1240. The van der Waals surface area contributed by atoms with E-state index in [2.05, 4.69) is 20.0 Å². The monoisotopic (exact) mass is 399 g/mol. The zero-order valence-corrected chi connectivity index (χ0v) is 16.6. The molecule has 0 radical (unpaired) electrons. The summed E-state index contributed by atoms with van der Waals surface area (Å²) in [6.07, 6.45) is 0. The molecule has 0 aliphatic heterocycles. The van der Waals surface area contributed by atoms with Crippen LogP contribution < -0.4 is 4.72 Å². The number of nitrogens with one attached hydrogen (secondary N) is 1. The summed E-state index contributed by atoms with van der Waals surface area (Å²) in [6.45, 7) is 5.61. The quantitative estimate of drug-likeness (QED) is 0.567. The van der Waals surface area contributed by atoms with Crippen LogP contribution in [0.4, 0.5) is 5.69 Å². The summed E-state index contributed by atoms with van der Waals surface area (Å²) >= 11 is 1.40. The molecule has 2 heterocycles. The molecule has 0 saturated carbocycles. The third-order valence-corrected chi connectivity index (χ3v) is 6.54. The maximum atomic E-state index is 12.7. The standard InChI is InChI=1S/C18H17N5O2S2/c1-11-4-8-15(9-5-11)27(24,25)22-16-10-14(7-6-12(16)2)17-21-23-13(3)19-20-18(23)26-17/h4-10,22H,1-3H3. The highest BCUT2D eigenvalue weighted by molar-refractivity contribution is 7.92. The second kappa shape index (κ2) is 6.43. The largest absolute Gasteiger partial charge is 0.279 e. The van der Waals surface area contributed by atoms with Gasteiger partial charge < -0.3 is 0 Å². The number of benzene rings is 2. The molecule has 0 spiro atoms. The fraction of sp³-hybridized carbons (Fsp3) is 0.167. The van der Waals surface area contributed by atoms with E-state index in [4.69, 9.17) is 0 Å². The minimum atomic E-state index is -3.67. The van der Waals surface area contributed by atoms with E-state index in [0.717, 1.165) is 21.7 Å². The fourth-order valence-corrected chi connectivity index (χ4v) is 4.62. The maximum absolute atomic E-state index is 12.7. The highest BCUT2D eigenvalue weighted by Gasteiger charge is 2.17. The molecule has 7 nitrogen and oxygen atoms in total. The van der Waals surface area contributed by atoms with Gasteiger partial charge in [0.2, 0.25) is 4.96 Å². The highest BCUT2D eigenvalue weighted by Crippen LogP contribution is 2.30. The number of hydrogen-bond donors (Lipinski definition) is 1. The molecule has 0 aliphatic rings. The van der Waals surface area contributed by atoms with Crippen molar-refractivity contribution in [3.8, 4) is 10.6 Å². The molecular formula is C18H17N5O2S2. The van der Waals surface area contributed by atoms with Crippen LogP contribution in [0.15, 0.2) is 47.4 Å². The Morgan fingerprint density at radius 2 is 1.74 bits per heavy atom. The van der Waals surface area contributed by atoms with Gasteiger partial charge in [0.25, 0.3) is 10.0 Å². The first kappa shape index (κ1) is 17.6. The molecule has 9 heteroatoms. The van der Waals surface area contributed by atoms with Gasteiger partial charge >= 0.3 is 0 Å². The summed E-state index contributed by atoms with van der Waals surface area (Å²) in [7, 11) is -3.67. The number of fused-ring (bicyclic) bond motifs is 1. The molecule has 0 bridgehead atoms. The number of nitrogens with zero attached hydrogens (tertiary/aromatic N) is 4. The van der Waals surface area contributed by atoms with Crippen LogP contribution in [-0.2, 0) is 10.0 Å². The lowest BCUT2D eigenvalue weighted by molar-refractivity contribution is 0.601. The summed E-state index contributed by atoms with van der Waals surface area (Å²) in [5, 5.41) is 13.3. The third kappa shape index (κ3) is 3.31. The van der Waals surface area contributed by atoms with Crippen LogP contribution >= 0.6 is 11.3 Å². The lowest BCUT2D eigenvalue weighted by Crippen LogP contribution is -2.13. The van der Waals surface area contributed by atoms with Crippen molar-refractivity contribution < 1.29 is 8.42 Å². The van der Waals surface area contributed by atoms with Crippen molar-refractivity contribution in [2.45, 2.75) is 25.7 Å². The number of anilines is 1. The van der Waals surface area contributed by atoms with Gasteiger partial charge in [0.1, 0.15) is 5.01 Å². The highest BCUT2D eigenvalue weighted by atomic mass is 32.2. The predicted molar refractivity (Wildman–Crippen MR) is 106 cm³/mol. The van der Waals surface area contributed by atoms with Gasteiger partial charge in [-0.1, -0.05) is 41.2 Å². The van der Waals surface area contributed by atoms with Gasteiger partial charge in [-0.2, -0.15) is 9.61 Å². The van der Waals surface area contributed by atoms with Gasteiger partial charge in [0.15, 0.2) is 5.82 Å². The average Bonchev–Trinajstić information content (AvgIpc) is 3.19. The van der Waals surface area contributed by atoms with Crippen LogP contribution in [0.1, 0.15) is 17.0 Å². The third-order valence-electron chi connectivity index (χ3n) is 4.21. The van der Waals surface area contributed by atoms with Crippen LogP contribution in [-0.4, -0.2) is 28.2 Å². The first-order chi connectivity index (χ1) is 12.8. The van der Waals surface area contributed by atoms with Gasteiger partial charge in [-0.05, 0) is 44.5 Å². The second-order valence-electron chi connectivity index (χ2n) is 6.30. The molecule has 0 atom stereocenters. The molecular weight excluding hydrogens is 382 g/mol. The van der Waals surface area contributed by atoms with E-state index >= 15 is 0 Å². The van der Waals surface area contributed by atoms with Gasteiger partial charge in [0, 0.05) is 5.56 Å². The van der Waals surface area contributed by atoms with Crippen molar-refractivity contribution in [3.63, 3.8) is 0 Å². The maximum Gasteiger partial charge on any atom is 0.261 e. The molecule has 0 unspecified atom stereocenters. The first-order valence-electron chi connectivity index (χ1n) is 8.23. The summed E-state index contributed by atoms with van der Waals surface area (Å²) in [5.41, 5.74) is 3.17. The normalized spacial score (nSPS) is 11.8. The molecule has 138 valence electrons. The minimum Gasteiger partial charge on any atom is -0.279 e. The molecule has 4 rings (SSSR count). The zero-order chi connectivity index (χ0) is 19.2. The van der Waals surface area contributed by atoms with Crippen LogP contribution in [0.2, 0.25) is 0 Å². The van der Waals surface area contributed by atoms with E-state index in [1.165, 1.54) is 11.3 Å². The zero-order valence-electron chi connectivity index (χ0n) is 15.0. The van der Waals surface area contributed by atoms with E-state index in [1.54, 1.807) is 34.8 Å². The second-order valence-corrected chi connectivity index (χ2v) is 8.94. The Hall–Kier alpha value is -2.78. The van der Waals surface area contributed by atoms with Crippen LogP contribution in [0.25, 0.3) is 15.5 Å². The van der Waals surface area contributed by atoms with Gasteiger partial charge in [-0.3, -0.25) is 4.72 Å². The summed E-state index contributed by atoms with van der Waals surface area (Å²) in [4.78, 5) is 0.928. The van der Waals surface area contributed by atoms with Crippen molar-refractivity contribution in [1.82, 2.24) is 19.8 Å². The predicted octanol–water partition coefficient (Wildman–Crippen LogP) is 3.58. The molecule has 2 aromatic heterocycles. The molecule has 0 amide bonds. The van der Waals surface area contributed by atoms with Crippen LogP contribution in [0.3, 0.4) is 0 Å². The van der Waals surface area contributed by atoms with Crippen molar-refractivity contribution >= 4 is 32.0 Å². The number of sulfonamides is 1. The number of aromatic nitrogens is 4. The minimum absolute atomic E-state index is 0.229. The van der Waals surface area contributed by atoms with Crippen molar-refractivity contribution in [1.29, 1.82) is 0 Å². The SMILES string of the molecule is Cc1ccc(S(=O)(=O)Nc2cc(-c3nn4c(C)nnc4s3)ccc2C)cc1. The topological polar surface area (TPSA) is 89.2 Å². The molecule has 0 aliphatic carbocycles. The van der Waals surface area contributed by atoms with Crippen molar-refractivity contribution in [2.75, 3.05) is 4.72 Å². The van der Waals surface area contributed by atoms with E-state index in [9.17, 15) is 8.42 Å². The lowest BCUT2D eigenvalue weighted by Gasteiger charge is -2.12. The van der Waals surface area contributed by atoms with E-state index in [0.29, 0.717) is 16.5 Å². The summed E-state index contributed by atoms with van der Waals surface area (Å²) in [5.74, 6) is 0.708. The van der Waals surface area contributed by atoms with E-state index in [-0.39, 0.29) is 4.90 Å². The van der Waals surface area contributed by atoms with Crippen molar-refractivity contribution in [3.05, 3.63) is 59.4 Å². The molecule has 27 heavy (non-hydrogen) atoms. The van der Waals surface area contributed by atoms with Crippen LogP contribution in [0, 0.1) is 20.8 Å². The number of rotatable bonds is 4. The van der Waals surface area contributed by atoms with E-state index < -0.39 is 10.0 Å². The van der Waals surface area contributed by atoms with Gasteiger partial charge in [-0.25, -0.2) is 8.42 Å². The Balaban J connectivity index is 1.71. The number of aryl methyl sites for hydroxylation is 3. The Morgan fingerprint density at radius 1 is 1.00 bits per heavy atom. The average molecular weight is 400 g/mol. The summed E-state index contributed by atoms with van der Waals surface area (Å²) < 4.78 is 29.8. The Labute approximate surface area is 160 Å². The molecule has 2 aromatic carbocycles. The van der Waals surface area contributed by atoms with Crippen molar-refractivity contribution in [2.24, 2.45) is 0 Å². The fourth-order valence-electron chi connectivity index (χ4n) is 2.62. The number of hydrogen-bond acceptors (Lipinski definition) is 6. The molecule has 1 N–H and O–H groups in total. The smallest absolute Gasteiger partial charge is 0.261 e. The Morgan fingerprint density at radius 3 is 2.44 bits per heavy atom. The summed E-state index contributed by atoms with van der Waals surface area (Å²) in [6, 6.07) is 12.3. The Kier molecular flexibility index (Phi) is 4.20. The molecule has 0 fully saturated rings. The molecule has 0 saturated heterocycles. The van der Waals surface area contributed by atoms with Gasteiger partial charge in [0.05, 0.1) is 10.6 Å². The first-order valence-corrected chi connectivity index (χ1v) is 10.5. The van der Waals surface area contributed by atoms with Gasteiger partial charge in [-0.15, -0.1) is 10.2 Å². The lowest BCUT2D eigenvalue weighted by atomic mass is 10.1. The molecule has 4 aromatic rings. The van der Waals surface area contributed by atoms with E-state index in [1.807, 2.05) is 32.9 Å². The van der Waals surface area contributed by atoms with Crippen LogP contribution in [0.5, 0.6) is 0 Å².